The Kier molecular flexibility index (Phi) is 30.4. The summed E-state index contributed by atoms with van der Waals surface area (Å²) in [5, 5.41) is 19.4. The van der Waals surface area contributed by atoms with E-state index in [-0.39, 0.29) is 23.5 Å². The van der Waals surface area contributed by atoms with Crippen LogP contribution < -0.4 is 10.2 Å². The minimum absolute atomic E-state index is 0. The number of carbonyl (C=O) groups excluding carboxylic acids is 2. The van der Waals surface area contributed by atoms with Crippen molar-refractivity contribution >= 4 is 11.9 Å². The van der Waals surface area contributed by atoms with E-state index in [4.69, 9.17) is 9.90 Å². The zero-order valence-corrected chi connectivity index (χ0v) is 17.5. The van der Waals surface area contributed by atoms with Crippen LogP contribution in [0.3, 0.4) is 0 Å². The zero-order chi connectivity index (χ0) is 19.2. The SMILES string of the molecule is C=CC(=O)[O-].CCCCCCCCCCCCCCCCCC(=O)[O-].[Cu+2]. The molecule has 0 unspecified atom stereocenters. The van der Waals surface area contributed by atoms with Gasteiger partial charge in [0.05, 0.1) is 5.97 Å². The van der Waals surface area contributed by atoms with E-state index in [1.165, 1.54) is 83.5 Å². The summed E-state index contributed by atoms with van der Waals surface area (Å²) in [6.07, 6.45) is 20.6. The van der Waals surface area contributed by atoms with Gasteiger partial charge in [0.25, 0.3) is 0 Å². The molecule has 0 spiro atoms. The molecule has 1 radical (unpaired) electrons. The first-order chi connectivity index (χ1) is 12.0. The fourth-order valence-corrected chi connectivity index (χ4v) is 2.64. The van der Waals surface area contributed by atoms with Gasteiger partial charge in [-0.25, -0.2) is 0 Å². The average Bonchev–Trinajstić information content (AvgIpc) is 2.58. The molecular formula is C21H38CuO4. The second-order valence-electron chi connectivity index (χ2n) is 6.59. The van der Waals surface area contributed by atoms with E-state index in [0.717, 1.165) is 18.9 Å². The number of hydrogen-bond acceptors (Lipinski definition) is 4. The smallest absolute Gasteiger partial charge is 0.550 e. The van der Waals surface area contributed by atoms with Gasteiger partial charge in [0.2, 0.25) is 0 Å². The van der Waals surface area contributed by atoms with Crippen molar-refractivity contribution in [1.82, 2.24) is 0 Å². The molecule has 0 aromatic rings. The summed E-state index contributed by atoms with van der Waals surface area (Å²) in [6.45, 7) is 5.17. The number of carbonyl (C=O) groups is 2. The zero-order valence-electron chi connectivity index (χ0n) is 16.5. The third kappa shape index (κ3) is 34.5. The Morgan fingerprint density at radius 2 is 0.962 bits per heavy atom. The summed E-state index contributed by atoms with van der Waals surface area (Å²) < 4.78 is 0. The molecule has 0 aliphatic heterocycles. The van der Waals surface area contributed by atoms with Crippen LogP contribution in [0, 0.1) is 0 Å². The van der Waals surface area contributed by atoms with Crippen molar-refractivity contribution in [3.05, 3.63) is 12.7 Å². The van der Waals surface area contributed by atoms with Gasteiger partial charge in [0, 0.05) is 5.97 Å². The molecule has 0 N–H and O–H groups in total. The Bertz CT molecular complexity index is 319. The Morgan fingerprint density at radius 1 is 0.692 bits per heavy atom. The van der Waals surface area contributed by atoms with Crippen molar-refractivity contribution in [2.24, 2.45) is 0 Å². The second kappa shape index (κ2) is 26.4. The van der Waals surface area contributed by atoms with Gasteiger partial charge >= 0.3 is 17.1 Å². The van der Waals surface area contributed by atoms with E-state index in [9.17, 15) is 9.90 Å². The quantitative estimate of drug-likeness (QED) is 0.204. The van der Waals surface area contributed by atoms with E-state index in [0.29, 0.717) is 0 Å². The van der Waals surface area contributed by atoms with Gasteiger partial charge in [-0.1, -0.05) is 103 Å². The van der Waals surface area contributed by atoms with Crippen LogP contribution >= 0.6 is 0 Å². The van der Waals surface area contributed by atoms with E-state index in [1.807, 2.05) is 0 Å². The van der Waals surface area contributed by atoms with Crippen molar-refractivity contribution in [2.45, 2.75) is 110 Å². The fourth-order valence-electron chi connectivity index (χ4n) is 2.64. The second-order valence-corrected chi connectivity index (χ2v) is 6.59. The van der Waals surface area contributed by atoms with E-state index >= 15 is 0 Å². The summed E-state index contributed by atoms with van der Waals surface area (Å²) in [7, 11) is 0. The predicted molar refractivity (Wildman–Crippen MR) is 99.8 cm³/mol. The van der Waals surface area contributed by atoms with Crippen molar-refractivity contribution < 1.29 is 36.9 Å². The van der Waals surface area contributed by atoms with Crippen LogP contribution in [0.5, 0.6) is 0 Å². The number of unbranched alkanes of at least 4 members (excludes halogenated alkanes) is 14. The fraction of sp³-hybridized carbons (Fsp3) is 0.810. The first-order valence-electron chi connectivity index (χ1n) is 10.1. The number of rotatable bonds is 17. The first-order valence-corrected chi connectivity index (χ1v) is 10.1. The molecule has 5 heteroatoms. The van der Waals surface area contributed by atoms with Crippen molar-refractivity contribution in [3.8, 4) is 0 Å². The van der Waals surface area contributed by atoms with Gasteiger partial charge in [0.15, 0.2) is 0 Å². The molecule has 157 valence electrons. The molecule has 0 heterocycles. The molecule has 0 rings (SSSR count). The Morgan fingerprint density at radius 3 is 1.19 bits per heavy atom. The molecule has 0 aliphatic carbocycles. The third-order valence-electron chi connectivity index (χ3n) is 4.15. The standard InChI is InChI=1S/C18H36O2.C3H4O2.Cu/c1-2-3-4-5-6-7-8-9-10-11-12-13-14-15-16-17-18(19)20;1-2-3(4)5;/h2-17H2,1H3,(H,19,20);2H,1H2,(H,4,5);/q;;+2/p-2. The van der Waals surface area contributed by atoms with Crippen LogP contribution in [-0.4, -0.2) is 11.9 Å². The Balaban J connectivity index is -0.000000772. The monoisotopic (exact) mass is 417 g/mol. The first kappa shape index (κ1) is 29.9. The van der Waals surface area contributed by atoms with Crippen molar-refractivity contribution in [2.75, 3.05) is 0 Å². The minimum Gasteiger partial charge on any atom is -0.550 e. The number of carboxylic acids is 2. The van der Waals surface area contributed by atoms with Crippen LogP contribution in [0.15, 0.2) is 12.7 Å². The van der Waals surface area contributed by atoms with E-state index in [1.54, 1.807) is 0 Å². The number of hydrogen-bond donors (Lipinski definition) is 0. The van der Waals surface area contributed by atoms with Crippen LogP contribution in [-0.2, 0) is 26.7 Å². The van der Waals surface area contributed by atoms with Crippen molar-refractivity contribution in [1.29, 1.82) is 0 Å². The molecule has 26 heavy (non-hydrogen) atoms. The third-order valence-corrected chi connectivity index (χ3v) is 4.15. The van der Waals surface area contributed by atoms with Gasteiger partial charge in [-0.15, -0.1) is 0 Å². The van der Waals surface area contributed by atoms with Crippen LogP contribution in [0.25, 0.3) is 0 Å². The molecule has 0 aromatic heterocycles. The largest absolute Gasteiger partial charge is 2.00 e. The summed E-state index contributed by atoms with van der Waals surface area (Å²) in [5.41, 5.74) is 0. The molecule has 0 saturated heterocycles. The van der Waals surface area contributed by atoms with Crippen LogP contribution in [0.1, 0.15) is 110 Å². The predicted octanol–water partition coefficient (Wildman–Crippen LogP) is 3.92. The maximum absolute atomic E-state index is 10.2. The van der Waals surface area contributed by atoms with Crippen LogP contribution in [0.4, 0.5) is 0 Å². The molecule has 4 nitrogen and oxygen atoms in total. The van der Waals surface area contributed by atoms with Gasteiger partial charge in [-0.2, -0.15) is 0 Å². The Labute approximate surface area is 171 Å². The van der Waals surface area contributed by atoms with E-state index < -0.39 is 11.9 Å². The number of aliphatic carboxylic acids is 2. The van der Waals surface area contributed by atoms with Crippen molar-refractivity contribution in [3.63, 3.8) is 0 Å². The van der Waals surface area contributed by atoms with Gasteiger partial charge in [0.1, 0.15) is 0 Å². The molecule has 0 atom stereocenters. The Hall–Kier alpha value is -0.801. The summed E-state index contributed by atoms with van der Waals surface area (Å²) in [6, 6.07) is 0. The molecule has 0 amide bonds. The number of carboxylic acid groups (broad SMARTS) is 2. The average molecular weight is 418 g/mol. The summed E-state index contributed by atoms with van der Waals surface area (Å²) in [5.74, 6) is -2.13. The molecular weight excluding hydrogens is 380 g/mol. The molecule has 0 aromatic carbocycles. The summed E-state index contributed by atoms with van der Waals surface area (Å²) in [4.78, 5) is 19.4. The molecule has 0 saturated carbocycles. The maximum atomic E-state index is 10.2. The van der Waals surface area contributed by atoms with Gasteiger partial charge in [-0.3, -0.25) is 0 Å². The normalized spacial score (nSPS) is 9.58. The van der Waals surface area contributed by atoms with Crippen LogP contribution in [0.2, 0.25) is 0 Å². The molecule has 0 bridgehead atoms. The maximum Gasteiger partial charge on any atom is 2.00 e. The molecule has 0 fully saturated rings. The summed E-state index contributed by atoms with van der Waals surface area (Å²) >= 11 is 0. The van der Waals surface area contributed by atoms with Gasteiger partial charge in [-0.05, 0) is 18.9 Å². The molecule has 0 aliphatic rings. The minimum atomic E-state index is -1.23. The van der Waals surface area contributed by atoms with Gasteiger partial charge < -0.3 is 19.8 Å². The topological polar surface area (TPSA) is 80.3 Å². The van der Waals surface area contributed by atoms with E-state index in [2.05, 4.69) is 13.5 Å².